The van der Waals surface area contributed by atoms with Gasteiger partial charge in [0.25, 0.3) is 0 Å². The van der Waals surface area contributed by atoms with Gasteiger partial charge < -0.3 is 36.0 Å². The number of aliphatic carboxylic acids is 1. The number of carbonyl (C=O) groups is 8. The average Bonchev–Trinajstić information content (AvgIpc) is 3.14. The standard InChI is InChI=1S/C41H45F6N5O12/c1-37(2,3)52(36(62)64-38(4,35(60)61)17-11-18(40(42,43)44)13-19(12-17)41(45,46)47)15-24(53)49-22-14-23(50(5)6)20-9-16-10-21-28(51(7)8)31(56)27(34(48)59)33(58)39(21,63)32(57)25(16)30(55)26(20)29(22)54/h11-14,16,21,25,27-28,54,63H,9-10,15H2,1-8H3,(H2,48,59)(H,49,53)(H,60,61)/t16-,21-,25?,27?,28-,38?,39-/m0/s1. The Kier molecular flexibility index (Phi) is 12.4. The molecule has 2 saturated carbocycles. The first kappa shape index (κ1) is 48.9. The minimum absolute atomic E-state index is 0.0708. The number of phenols is 1. The highest BCUT2D eigenvalue weighted by atomic mass is 19.4. The van der Waals surface area contributed by atoms with Crippen LogP contribution in [-0.4, -0.2) is 124 Å². The fraction of sp³-hybridized carbons (Fsp3) is 0.512. The van der Waals surface area contributed by atoms with Crippen molar-refractivity contribution in [2.75, 3.05) is 45.0 Å². The summed E-state index contributed by atoms with van der Waals surface area (Å²) >= 11 is 0. The highest BCUT2D eigenvalue weighted by molar-refractivity contribution is 6.32. The molecule has 0 radical (unpaired) electrons. The third-order valence-electron chi connectivity index (χ3n) is 12.0. The summed E-state index contributed by atoms with van der Waals surface area (Å²) in [6.45, 7) is 3.43. The number of anilines is 2. The second kappa shape index (κ2) is 16.2. The molecule has 2 aromatic rings. The van der Waals surface area contributed by atoms with Crippen molar-refractivity contribution in [3.63, 3.8) is 0 Å². The summed E-state index contributed by atoms with van der Waals surface area (Å²) < 4.78 is 87.3. The molecule has 348 valence electrons. The Bertz CT molecular complexity index is 2350. The maximum atomic E-state index is 14.4. The maximum absolute atomic E-state index is 14.4. The lowest BCUT2D eigenvalue weighted by molar-refractivity contribution is -0.181. The van der Waals surface area contributed by atoms with Gasteiger partial charge in [0.1, 0.15) is 12.3 Å². The predicted molar refractivity (Wildman–Crippen MR) is 209 cm³/mol. The van der Waals surface area contributed by atoms with Gasteiger partial charge in [-0.25, -0.2) is 9.59 Å². The van der Waals surface area contributed by atoms with Crippen LogP contribution in [0.1, 0.15) is 66.7 Å². The van der Waals surface area contributed by atoms with Crippen molar-refractivity contribution in [1.82, 2.24) is 9.80 Å². The Balaban J connectivity index is 1.51. The van der Waals surface area contributed by atoms with Crippen molar-refractivity contribution in [3.8, 4) is 5.75 Å². The zero-order chi connectivity index (χ0) is 48.7. The number of nitrogens with two attached hydrogens (primary N) is 1. The van der Waals surface area contributed by atoms with Crippen molar-refractivity contribution in [1.29, 1.82) is 0 Å². The van der Waals surface area contributed by atoms with Crippen molar-refractivity contribution < 1.29 is 84.8 Å². The number of halogens is 6. The van der Waals surface area contributed by atoms with E-state index in [9.17, 15) is 80.0 Å². The zero-order valence-electron chi connectivity index (χ0n) is 35.5. The van der Waals surface area contributed by atoms with Crippen LogP contribution in [0.15, 0.2) is 24.3 Å². The summed E-state index contributed by atoms with van der Waals surface area (Å²) in [5.74, 6) is -16.8. The number of benzene rings is 2. The van der Waals surface area contributed by atoms with Crippen LogP contribution in [0.2, 0.25) is 0 Å². The number of rotatable bonds is 9. The van der Waals surface area contributed by atoms with E-state index in [0.29, 0.717) is 11.8 Å². The number of carbonyl (C=O) groups excluding carboxylic acids is 7. The predicted octanol–water partition coefficient (Wildman–Crippen LogP) is 3.15. The zero-order valence-corrected chi connectivity index (χ0v) is 35.5. The third-order valence-corrected chi connectivity index (χ3v) is 12.0. The Morgan fingerprint density at radius 3 is 1.86 bits per heavy atom. The molecule has 6 N–H and O–H groups in total. The molecule has 0 aromatic heterocycles. The summed E-state index contributed by atoms with van der Waals surface area (Å²) in [7, 11) is 5.92. The molecule has 3 unspecified atom stereocenters. The van der Waals surface area contributed by atoms with Gasteiger partial charge in [-0.2, -0.15) is 26.3 Å². The molecule has 3 amide bonds. The van der Waals surface area contributed by atoms with Crippen LogP contribution in [0.25, 0.3) is 0 Å². The van der Waals surface area contributed by atoms with E-state index >= 15 is 0 Å². The molecule has 0 aliphatic heterocycles. The van der Waals surface area contributed by atoms with Gasteiger partial charge in [0.2, 0.25) is 17.4 Å². The van der Waals surface area contributed by atoms with E-state index in [0.717, 1.165) is 0 Å². The second-order valence-electron chi connectivity index (χ2n) is 17.6. The summed E-state index contributed by atoms with van der Waals surface area (Å²) in [6, 6.07) is -0.215. The van der Waals surface area contributed by atoms with E-state index in [1.54, 1.807) is 0 Å². The van der Waals surface area contributed by atoms with Gasteiger partial charge in [-0.15, -0.1) is 0 Å². The van der Waals surface area contributed by atoms with Gasteiger partial charge >= 0.3 is 24.4 Å². The van der Waals surface area contributed by atoms with Crippen molar-refractivity contribution in [2.24, 2.45) is 29.4 Å². The van der Waals surface area contributed by atoms with E-state index in [1.165, 1.54) is 64.8 Å². The van der Waals surface area contributed by atoms with E-state index in [1.807, 2.05) is 0 Å². The summed E-state index contributed by atoms with van der Waals surface area (Å²) in [6.07, 6.45) is -12.9. The van der Waals surface area contributed by atoms with Gasteiger partial charge in [-0.3, -0.25) is 38.6 Å². The Morgan fingerprint density at radius 2 is 1.41 bits per heavy atom. The largest absolute Gasteiger partial charge is 0.505 e. The van der Waals surface area contributed by atoms with Crippen LogP contribution >= 0.6 is 0 Å². The van der Waals surface area contributed by atoms with Crippen LogP contribution < -0.4 is 16.0 Å². The topological polar surface area (TPSA) is 254 Å². The molecule has 0 bridgehead atoms. The molecule has 7 atom stereocenters. The molecule has 3 aliphatic carbocycles. The number of aromatic hydroxyl groups is 1. The molecule has 3 aliphatic rings. The van der Waals surface area contributed by atoms with Crippen LogP contribution in [-0.2, 0) is 57.9 Å². The second-order valence-corrected chi connectivity index (χ2v) is 17.6. The SMILES string of the molecule is CN(C)c1cc(NC(=O)CN(C(=O)OC(C)(C(=O)O)c2cc(C(F)(F)F)cc(C(F)(F)F)c2)C(C)(C)C)c(O)c2c1C[C@H]1C[C@H]3[C@H](N(C)C)C(=O)C(C(N)=O)C(=O)[C@@]3(O)C(=O)C1C2=O. The number of fused-ring (bicyclic) bond motifs is 3. The van der Waals surface area contributed by atoms with Gasteiger partial charge in [-0.1, -0.05) is 0 Å². The lowest BCUT2D eigenvalue weighted by Gasteiger charge is -2.52. The lowest BCUT2D eigenvalue weighted by Crippen LogP contribution is -2.74. The molecule has 0 saturated heterocycles. The Hall–Kier alpha value is -6.10. The number of nitrogens with zero attached hydrogens (tertiary/aromatic N) is 3. The number of hydrogen-bond acceptors (Lipinski definition) is 13. The number of ether oxygens (including phenoxy) is 1. The number of primary amides is 1. The van der Waals surface area contributed by atoms with Crippen LogP contribution in [0.5, 0.6) is 5.75 Å². The van der Waals surface area contributed by atoms with Crippen molar-refractivity contribution in [2.45, 2.75) is 75.7 Å². The molecule has 0 spiro atoms. The smallest absolute Gasteiger partial charge is 0.416 e. The van der Waals surface area contributed by atoms with Gasteiger partial charge in [0.05, 0.1) is 34.3 Å². The van der Waals surface area contributed by atoms with Crippen LogP contribution in [0, 0.1) is 23.7 Å². The molecule has 17 nitrogen and oxygen atoms in total. The fourth-order valence-corrected chi connectivity index (χ4v) is 8.74. The molecule has 2 aromatic carbocycles. The van der Waals surface area contributed by atoms with E-state index in [2.05, 4.69) is 5.32 Å². The third kappa shape index (κ3) is 8.25. The number of ketones is 4. The van der Waals surface area contributed by atoms with Crippen molar-refractivity contribution >= 4 is 58.4 Å². The molecular formula is C41H45F6N5O12. The minimum atomic E-state index is -5.40. The monoisotopic (exact) mass is 913 g/mol. The molecule has 23 heteroatoms. The number of aliphatic hydroxyl groups is 1. The van der Waals surface area contributed by atoms with Gasteiger partial charge in [0.15, 0.2) is 34.7 Å². The average molecular weight is 914 g/mol. The van der Waals surface area contributed by atoms with Crippen LogP contribution in [0.3, 0.4) is 0 Å². The van der Waals surface area contributed by atoms with E-state index < -0.39 is 146 Å². The number of alkyl halides is 6. The first-order valence-corrected chi connectivity index (χ1v) is 19.3. The number of hydrogen-bond donors (Lipinski definition) is 5. The molecule has 0 heterocycles. The van der Waals surface area contributed by atoms with Crippen molar-refractivity contribution in [3.05, 3.63) is 52.1 Å². The lowest BCUT2D eigenvalue weighted by atomic mass is 9.52. The molecular weight excluding hydrogens is 868 g/mol. The minimum Gasteiger partial charge on any atom is -0.505 e. The maximum Gasteiger partial charge on any atom is 0.416 e. The number of nitrogens with one attached hydrogen (secondary N) is 1. The van der Waals surface area contributed by atoms with Gasteiger partial charge in [0, 0.05) is 36.8 Å². The number of carboxylic acids is 1. The molecule has 5 rings (SSSR count). The first-order chi connectivity index (χ1) is 29.1. The first-order valence-electron chi connectivity index (χ1n) is 19.3. The summed E-state index contributed by atoms with van der Waals surface area (Å²) in [4.78, 5) is 111. The number of Topliss-reactive ketones (excluding diaryl/α,β-unsaturated/α-hetero) is 4. The number of amides is 3. The normalized spacial score (nSPS) is 24.5. The highest BCUT2D eigenvalue weighted by Crippen LogP contribution is 2.53. The van der Waals surface area contributed by atoms with E-state index in [4.69, 9.17) is 10.5 Å². The van der Waals surface area contributed by atoms with Gasteiger partial charge in [-0.05, 0) is 90.4 Å². The number of carboxylic acid groups (broad SMARTS) is 1. The fourth-order valence-electron chi connectivity index (χ4n) is 8.74. The summed E-state index contributed by atoms with van der Waals surface area (Å²) in [5.41, 5.74) is -7.97. The Labute approximate surface area is 360 Å². The van der Waals surface area contributed by atoms with Crippen LogP contribution in [0.4, 0.5) is 42.5 Å². The number of likely N-dealkylation sites (N-methyl/N-ethyl adjacent to an activating group) is 1. The molecule has 64 heavy (non-hydrogen) atoms. The summed E-state index contributed by atoms with van der Waals surface area (Å²) in [5, 5.41) is 35.9. The Morgan fingerprint density at radius 1 is 0.875 bits per heavy atom. The quantitative estimate of drug-likeness (QED) is 0.138. The number of phenolic OH excluding ortho intramolecular Hbond substituents is 1. The molecule has 2 fully saturated rings. The van der Waals surface area contributed by atoms with E-state index in [-0.39, 0.29) is 42.3 Å². The highest BCUT2D eigenvalue weighted by Gasteiger charge is 2.69.